The summed E-state index contributed by atoms with van der Waals surface area (Å²) in [6.45, 7) is 0.360. The van der Waals surface area contributed by atoms with E-state index in [1.54, 1.807) is 0 Å². The largest absolute Gasteiger partial charge is 0.391 e. The summed E-state index contributed by atoms with van der Waals surface area (Å²) in [6, 6.07) is 1.14. The molecule has 0 bridgehead atoms. The Hall–Kier alpha value is -0.960. The van der Waals surface area contributed by atoms with Gasteiger partial charge in [0, 0.05) is 39.3 Å². The lowest BCUT2D eigenvalue weighted by Gasteiger charge is -2.18. The number of pyridine rings is 1. The highest BCUT2D eigenvalue weighted by Crippen LogP contribution is 2.27. The van der Waals surface area contributed by atoms with E-state index < -0.39 is 27.9 Å². The van der Waals surface area contributed by atoms with Gasteiger partial charge in [-0.2, -0.15) is 0 Å². The van der Waals surface area contributed by atoms with Crippen molar-refractivity contribution in [2.24, 2.45) is 5.92 Å². The summed E-state index contributed by atoms with van der Waals surface area (Å²) < 4.78 is 38.7. The predicted octanol–water partition coefficient (Wildman–Crippen LogP) is 0.563. The average molecular weight is 338 g/mol. The number of anilines is 1. The van der Waals surface area contributed by atoms with Gasteiger partial charge in [-0.3, -0.25) is 0 Å². The van der Waals surface area contributed by atoms with Crippen LogP contribution in [0, 0.1) is 11.7 Å². The van der Waals surface area contributed by atoms with Gasteiger partial charge < -0.3 is 10.0 Å². The van der Waals surface area contributed by atoms with E-state index >= 15 is 0 Å². The van der Waals surface area contributed by atoms with E-state index in [4.69, 9.17) is 11.6 Å². The fourth-order valence-electron chi connectivity index (χ4n) is 2.25. The molecule has 6 nitrogen and oxygen atoms in total. The third-order valence-electron chi connectivity index (χ3n) is 3.48. The molecule has 0 aromatic carbocycles. The van der Waals surface area contributed by atoms with Crippen LogP contribution < -0.4 is 4.90 Å². The summed E-state index contributed by atoms with van der Waals surface area (Å²) in [5, 5.41) is 10.2. The lowest BCUT2D eigenvalue weighted by atomic mass is 10.1. The number of hydrogen-bond acceptors (Lipinski definition) is 5. The first kappa shape index (κ1) is 16.4. The van der Waals surface area contributed by atoms with Crippen molar-refractivity contribution in [3.63, 3.8) is 0 Å². The summed E-state index contributed by atoms with van der Waals surface area (Å²) in [6.07, 6.45) is 0.465. The highest BCUT2D eigenvalue weighted by molar-refractivity contribution is 7.89. The van der Waals surface area contributed by atoms with Crippen molar-refractivity contribution in [3.05, 3.63) is 23.1 Å². The van der Waals surface area contributed by atoms with E-state index in [0.717, 1.165) is 10.4 Å². The smallest absolute Gasteiger partial charge is 0.214 e. The number of aliphatic hydroxyl groups is 1. The van der Waals surface area contributed by atoms with E-state index in [1.807, 2.05) is 0 Å². The van der Waals surface area contributed by atoms with Crippen LogP contribution >= 0.6 is 11.6 Å². The molecule has 21 heavy (non-hydrogen) atoms. The van der Waals surface area contributed by atoms with Crippen molar-refractivity contribution in [3.8, 4) is 0 Å². The molecule has 1 fully saturated rings. The second-order valence-electron chi connectivity index (χ2n) is 5.25. The summed E-state index contributed by atoms with van der Waals surface area (Å²) in [5.41, 5.74) is 0. The van der Waals surface area contributed by atoms with Crippen LogP contribution in [0.2, 0.25) is 5.02 Å². The lowest BCUT2D eigenvalue weighted by Crippen LogP contribution is -2.33. The Morgan fingerprint density at radius 2 is 2.19 bits per heavy atom. The van der Waals surface area contributed by atoms with Gasteiger partial charge >= 0.3 is 0 Å². The molecule has 0 aliphatic carbocycles. The molecule has 1 aromatic rings. The van der Waals surface area contributed by atoms with Gasteiger partial charge in [-0.05, 0) is 6.07 Å². The number of sulfonamides is 1. The summed E-state index contributed by atoms with van der Waals surface area (Å²) in [5.74, 6) is -1.20. The van der Waals surface area contributed by atoms with Gasteiger partial charge in [0.2, 0.25) is 10.0 Å². The Morgan fingerprint density at radius 3 is 2.76 bits per heavy atom. The molecule has 1 saturated heterocycles. The number of rotatable bonds is 4. The van der Waals surface area contributed by atoms with E-state index in [2.05, 4.69) is 4.98 Å². The van der Waals surface area contributed by atoms with E-state index in [1.165, 1.54) is 25.2 Å². The summed E-state index contributed by atoms with van der Waals surface area (Å²) in [7, 11) is -0.547. The molecular formula is C12H17ClFN3O3S. The maximum atomic E-state index is 13.8. The maximum absolute atomic E-state index is 13.8. The zero-order chi connectivity index (χ0) is 15.8. The Bertz CT molecular complexity index is 626. The van der Waals surface area contributed by atoms with Crippen LogP contribution in [0.1, 0.15) is 0 Å². The second kappa shape index (κ2) is 6.04. The van der Waals surface area contributed by atoms with Gasteiger partial charge in [0.05, 0.1) is 16.9 Å². The molecule has 2 atom stereocenters. The first-order chi connectivity index (χ1) is 9.70. The normalized spacial score (nSPS) is 23.0. The van der Waals surface area contributed by atoms with Gasteiger partial charge in [0.15, 0.2) is 11.6 Å². The van der Waals surface area contributed by atoms with Crippen LogP contribution in [0.4, 0.5) is 10.2 Å². The molecule has 9 heteroatoms. The highest BCUT2D eigenvalue weighted by Gasteiger charge is 2.36. The van der Waals surface area contributed by atoms with Gasteiger partial charge in [0.25, 0.3) is 0 Å². The van der Waals surface area contributed by atoms with Crippen molar-refractivity contribution in [2.75, 3.05) is 37.8 Å². The van der Waals surface area contributed by atoms with Gasteiger partial charge in [-0.15, -0.1) is 0 Å². The van der Waals surface area contributed by atoms with Crippen molar-refractivity contribution < 1.29 is 17.9 Å². The fourth-order valence-corrected chi connectivity index (χ4v) is 3.56. The Kier molecular flexibility index (Phi) is 4.72. The molecule has 0 spiro atoms. The Labute approximate surface area is 128 Å². The van der Waals surface area contributed by atoms with Crippen molar-refractivity contribution in [1.29, 1.82) is 0 Å². The quantitative estimate of drug-likeness (QED) is 0.869. The van der Waals surface area contributed by atoms with E-state index in [0.29, 0.717) is 0 Å². The van der Waals surface area contributed by atoms with Crippen LogP contribution in [-0.4, -0.2) is 61.9 Å². The van der Waals surface area contributed by atoms with E-state index in [-0.39, 0.29) is 29.7 Å². The standard InChI is InChI=1S/C12H17ClFN3O3S/c1-16(2)21(19,20)7-8-5-17(6-11(8)18)12-10(14)3-9(13)4-15-12/h3-4,8,11,18H,5-7H2,1-2H3/t8-,11-/m0/s1. The van der Waals surface area contributed by atoms with Crippen molar-refractivity contribution >= 4 is 27.4 Å². The van der Waals surface area contributed by atoms with Gasteiger partial charge in [0.1, 0.15) is 0 Å². The number of halogens is 2. The minimum absolute atomic E-state index is 0.0724. The number of aliphatic hydroxyl groups excluding tert-OH is 1. The minimum atomic E-state index is -3.43. The lowest BCUT2D eigenvalue weighted by molar-refractivity contribution is 0.157. The summed E-state index contributed by atoms with van der Waals surface area (Å²) in [4.78, 5) is 5.44. The first-order valence-corrected chi connectivity index (χ1v) is 8.33. The molecule has 1 aliphatic rings. The predicted molar refractivity (Wildman–Crippen MR) is 78.4 cm³/mol. The highest BCUT2D eigenvalue weighted by atomic mass is 35.5. The monoisotopic (exact) mass is 337 g/mol. The van der Waals surface area contributed by atoms with Crippen LogP contribution in [-0.2, 0) is 10.0 Å². The molecule has 0 amide bonds. The van der Waals surface area contributed by atoms with Gasteiger partial charge in [-0.1, -0.05) is 11.6 Å². The summed E-state index contributed by atoms with van der Waals surface area (Å²) >= 11 is 5.65. The first-order valence-electron chi connectivity index (χ1n) is 6.35. The zero-order valence-electron chi connectivity index (χ0n) is 11.7. The number of aromatic nitrogens is 1. The van der Waals surface area contributed by atoms with Gasteiger partial charge in [-0.25, -0.2) is 22.1 Å². The molecule has 0 radical (unpaired) electrons. The molecule has 2 heterocycles. The third-order valence-corrected chi connectivity index (χ3v) is 5.64. The molecular weight excluding hydrogens is 321 g/mol. The van der Waals surface area contributed by atoms with Crippen molar-refractivity contribution in [1.82, 2.24) is 9.29 Å². The molecule has 118 valence electrons. The minimum Gasteiger partial charge on any atom is -0.391 e. The maximum Gasteiger partial charge on any atom is 0.214 e. The third kappa shape index (κ3) is 3.63. The van der Waals surface area contributed by atoms with Crippen LogP contribution in [0.25, 0.3) is 0 Å². The van der Waals surface area contributed by atoms with Crippen molar-refractivity contribution in [2.45, 2.75) is 6.10 Å². The molecule has 0 saturated carbocycles. The molecule has 1 aliphatic heterocycles. The SMILES string of the molecule is CN(C)S(=O)(=O)C[C@@H]1CN(c2ncc(Cl)cc2F)C[C@@H]1O. The average Bonchev–Trinajstić information content (AvgIpc) is 2.69. The van der Waals surface area contributed by atoms with Crippen LogP contribution in [0.5, 0.6) is 0 Å². The number of hydrogen-bond donors (Lipinski definition) is 1. The topological polar surface area (TPSA) is 73.7 Å². The molecule has 0 unspecified atom stereocenters. The van der Waals surface area contributed by atoms with Crippen LogP contribution in [0.3, 0.4) is 0 Å². The second-order valence-corrected chi connectivity index (χ2v) is 7.92. The molecule has 1 aromatic heterocycles. The van der Waals surface area contributed by atoms with E-state index in [9.17, 15) is 17.9 Å². The Morgan fingerprint density at radius 1 is 1.52 bits per heavy atom. The van der Waals surface area contributed by atoms with Crippen LogP contribution in [0.15, 0.2) is 12.3 Å². The molecule has 2 rings (SSSR count). The fraction of sp³-hybridized carbons (Fsp3) is 0.583. The molecule has 1 N–H and O–H groups in total. The Balaban J connectivity index is 2.14. The zero-order valence-corrected chi connectivity index (χ0v) is 13.3. The number of nitrogens with zero attached hydrogens (tertiary/aromatic N) is 3. The number of β-amino-alcohol motifs (C(OH)–C–C–N with tert-alkyl or cyclic N) is 1.